The summed E-state index contributed by atoms with van der Waals surface area (Å²) in [5, 5.41) is 9.05. The van der Waals surface area contributed by atoms with E-state index in [1.54, 1.807) is 23.7 Å². The number of nitrogens with one attached hydrogen (secondary N) is 1. The van der Waals surface area contributed by atoms with Crippen molar-refractivity contribution in [1.82, 2.24) is 10.5 Å². The van der Waals surface area contributed by atoms with Crippen molar-refractivity contribution in [3.8, 4) is 16.3 Å². The highest BCUT2D eigenvalue weighted by Crippen LogP contribution is 2.34. The second-order valence-corrected chi connectivity index (χ2v) is 7.18. The van der Waals surface area contributed by atoms with Crippen LogP contribution in [-0.2, 0) is 4.79 Å². The minimum Gasteiger partial charge on any atom is -0.490 e. The van der Waals surface area contributed by atoms with Gasteiger partial charge >= 0.3 is 0 Å². The third kappa shape index (κ3) is 5.02. The molecule has 0 aliphatic rings. The molecular formula is C20H21FN2O3S. The molecule has 0 unspecified atom stereocenters. The van der Waals surface area contributed by atoms with Crippen LogP contribution in [0.5, 0.6) is 5.75 Å². The Morgan fingerprint density at radius 1 is 1.11 bits per heavy atom. The van der Waals surface area contributed by atoms with Gasteiger partial charge in [0.1, 0.15) is 5.01 Å². The second kappa shape index (κ2) is 9.43. The molecule has 0 fully saturated rings. The van der Waals surface area contributed by atoms with E-state index in [1.807, 2.05) is 24.3 Å². The zero-order valence-corrected chi connectivity index (χ0v) is 15.6. The van der Waals surface area contributed by atoms with Crippen LogP contribution in [0, 0.1) is 5.82 Å². The van der Waals surface area contributed by atoms with Gasteiger partial charge in [-0.1, -0.05) is 31.0 Å². The normalized spacial score (nSPS) is 10.9. The number of carbonyl (C=O) groups excluding carboxylic acids is 1. The number of fused-ring (bicyclic) bond motifs is 1. The number of halogens is 1. The molecule has 3 rings (SSSR count). The van der Waals surface area contributed by atoms with E-state index in [0.29, 0.717) is 30.0 Å². The molecule has 0 spiro atoms. The number of benzene rings is 2. The minimum absolute atomic E-state index is 0.228. The number of para-hydroxylation sites is 1. The smallest absolute Gasteiger partial charge is 0.243 e. The van der Waals surface area contributed by atoms with Gasteiger partial charge in [0.15, 0.2) is 11.6 Å². The van der Waals surface area contributed by atoms with Crippen molar-refractivity contribution < 1.29 is 19.1 Å². The molecule has 27 heavy (non-hydrogen) atoms. The zero-order valence-electron chi connectivity index (χ0n) is 14.8. The summed E-state index contributed by atoms with van der Waals surface area (Å²) in [7, 11) is 0. The van der Waals surface area contributed by atoms with Gasteiger partial charge in [-0.15, -0.1) is 11.3 Å². The molecule has 5 nitrogen and oxygen atoms in total. The van der Waals surface area contributed by atoms with Gasteiger partial charge in [0.05, 0.1) is 22.4 Å². The summed E-state index contributed by atoms with van der Waals surface area (Å²) in [5.74, 6) is -0.539. The zero-order chi connectivity index (χ0) is 19.1. The van der Waals surface area contributed by atoms with Gasteiger partial charge in [0.2, 0.25) is 5.91 Å². The number of hydrogen-bond acceptors (Lipinski definition) is 5. The van der Waals surface area contributed by atoms with Crippen LogP contribution in [0.3, 0.4) is 0 Å². The lowest BCUT2D eigenvalue weighted by atomic mass is 10.1. The summed E-state index contributed by atoms with van der Waals surface area (Å²) in [5.41, 5.74) is 2.92. The molecule has 0 saturated heterocycles. The lowest BCUT2D eigenvalue weighted by Crippen LogP contribution is -2.17. The van der Waals surface area contributed by atoms with Crippen molar-refractivity contribution in [2.75, 3.05) is 6.61 Å². The Hall–Kier alpha value is -2.51. The molecule has 7 heteroatoms. The lowest BCUT2D eigenvalue weighted by molar-refractivity contribution is -0.129. The summed E-state index contributed by atoms with van der Waals surface area (Å²) in [6.07, 6.45) is 3.50. The SMILES string of the molecule is O=C(CCCCCCOc1cccc(-c2nc3ccccc3s2)c1F)NO. The predicted octanol–water partition coefficient (Wildman–Crippen LogP) is 4.94. The van der Waals surface area contributed by atoms with Crippen molar-refractivity contribution in [2.45, 2.75) is 32.1 Å². The highest BCUT2D eigenvalue weighted by atomic mass is 32.1. The number of unbranched alkanes of at least 4 members (excludes halogenated alkanes) is 3. The number of aromatic nitrogens is 1. The number of carbonyl (C=O) groups is 1. The summed E-state index contributed by atoms with van der Waals surface area (Å²) in [6, 6.07) is 12.8. The van der Waals surface area contributed by atoms with Crippen molar-refractivity contribution in [2.24, 2.45) is 0 Å². The Morgan fingerprint density at radius 2 is 1.93 bits per heavy atom. The van der Waals surface area contributed by atoms with Crippen molar-refractivity contribution in [1.29, 1.82) is 0 Å². The summed E-state index contributed by atoms with van der Waals surface area (Å²) < 4.78 is 21.4. The minimum atomic E-state index is -0.392. The Bertz CT molecular complexity index is 880. The quantitative estimate of drug-likeness (QED) is 0.309. The van der Waals surface area contributed by atoms with Crippen molar-refractivity contribution in [3.05, 3.63) is 48.3 Å². The molecule has 2 aromatic carbocycles. The highest BCUT2D eigenvalue weighted by Gasteiger charge is 2.14. The number of thiazole rings is 1. The third-order valence-electron chi connectivity index (χ3n) is 4.17. The maximum Gasteiger partial charge on any atom is 0.243 e. The number of hydroxylamine groups is 1. The predicted molar refractivity (Wildman–Crippen MR) is 104 cm³/mol. The average Bonchev–Trinajstić information content (AvgIpc) is 3.12. The van der Waals surface area contributed by atoms with Crippen LogP contribution in [-0.4, -0.2) is 22.7 Å². The van der Waals surface area contributed by atoms with Crippen LogP contribution in [0.1, 0.15) is 32.1 Å². The molecule has 1 heterocycles. The first-order chi connectivity index (χ1) is 13.2. The van der Waals surface area contributed by atoms with Crippen LogP contribution < -0.4 is 10.2 Å². The standard InChI is InChI=1S/C20H21FN2O3S/c21-19-14(20-22-15-9-4-5-11-17(15)27-20)8-7-10-16(19)26-13-6-2-1-3-12-18(24)23-25/h4-5,7-11,25H,1-3,6,12-13H2,(H,23,24). The van der Waals surface area contributed by atoms with Gasteiger partial charge in [-0.25, -0.2) is 14.9 Å². The average molecular weight is 388 g/mol. The molecule has 1 aromatic heterocycles. The second-order valence-electron chi connectivity index (χ2n) is 6.15. The van der Waals surface area contributed by atoms with E-state index in [1.165, 1.54) is 11.3 Å². The molecule has 0 radical (unpaired) electrons. The fourth-order valence-electron chi connectivity index (χ4n) is 2.75. The van der Waals surface area contributed by atoms with E-state index in [0.717, 1.165) is 29.5 Å². The van der Waals surface area contributed by atoms with E-state index in [2.05, 4.69) is 4.98 Å². The van der Waals surface area contributed by atoms with Gasteiger partial charge in [0, 0.05) is 6.42 Å². The van der Waals surface area contributed by atoms with Gasteiger partial charge in [0.25, 0.3) is 0 Å². The number of ether oxygens (including phenoxy) is 1. The molecule has 2 N–H and O–H groups in total. The number of nitrogens with zero attached hydrogens (tertiary/aromatic N) is 1. The number of amides is 1. The van der Waals surface area contributed by atoms with Gasteiger partial charge in [-0.3, -0.25) is 10.0 Å². The Morgan fingerprint density at radius 3 is 2.74 bits per heavy atom. The van der Waals surface area contributed by atoms with Gasteiger partial charge < -0.3 is 4.74 Å². The fourth-order valence-corrected chi connectivity index (χ4v) is 3.74. The van der Waals surface area contributed by atoms with Crippen LogP contribution in [0.4, 0.5) is 4.39 Å². The van der Waals surface area contributed by atoms with E-state index >= 15 is 0 Å². The molecule has 142 valence electrons. The first kappa shape index (κ1) is 19.3. The number of hydrogen-bond donors (Lipinski definition) is 2. The van der Waals surface area contributed by atoms with Gasteiger partial charge in [-0.2, -0.15) is 0 Å². The Labute approximate surface area is 160 Å². The molecular weight excluding hydrogens is 367 g/mol. The third-order valence-corrected chi connectivity index (χ3v) is 5.24. The molecule has 0 aliphatic heterocycles. The molecule has 0 aliphatic carbocycles. The van der Waals surface area contributed by atoms with E-state index in [4.69, 9.17) is 9.94 Å². The van der Waals surface area contributed by atoms with Gasteiger partial charge in [-0.05, 0) is 37.1 Å². The summed E-state index contributed by atoms with van der Waals surface area (Å²) in [4.78, 5) is 15.4. The van der Waals surface area contributed by atoms with E-state index in [-0.39, 0.29) is 11.7 Å². The fraction of sp³-hybridized carbons (Fsp3) is 0.300. The first-order valence-corrected chi connectivity index (χ1v) is 9.71. The summed E-state index contributed by atoms with van der Waals surface area (Å²) >= 11 is 1.46. The maximum absolute atomic E-state index is 14.8. The molecule has 3 aromatic rings. The molecule has 0 atom stereocenters. The van der Waals surface area contributed by atoms with E-state index in [9.17, 15) is 9.18 Å². The Kier molecular flexibility index (Phi) is 6.73. The summed E-state index contributed by atoms with van der Waals surface area (Å²) in [6.45, 7) is 0.409. The Balaban J connectivity index is 1.55. The number of rotatable bonds is 9. The van der Waals surface area contributed by atoms with E-state index < -0.39 is 5.82 Å². The van der Waals surface area contributed by atoms with Crippen LogP contribution in [0.2, 0.25) is 0 Å². The molecule has 1 amide bonds. The van der Waals surface area contributed by atoms with Crippen molar-refractivity contribution >= 4 is 27.5 Å². The monoisotopic (exact) mass is 388 g/mol. The maximum atomic E-state index is 14.8. The van der Waals surface area contributed by atoms with Crippen LogP contribution >= 0.6 is 11.3 Å². The molecule has 0 bridgehead atoms. The first-order valence-electron chi connectivity index (χ1n) is 8.89. The van der Waals surface area contributed by atoms with Crippen LogP contribution in [0.25, 0.3) is 20.8 Å². The van der Waals surface area contributed by atoms with Crippen molar-refractivity contribution in [3.63, 3.8) is 0 Å². The lowest BCUT2D eigenvalue weighted by Gasteiger charge is -2.09. The van der Waals surface area contributed by atoms with Crippen LogP contribution in [0.15, 0.2) is 42.5 Å². The topological polar surface area (TPSA) is 71.5 Å². The highest BCUT2D eigenvalue weighted by molar-refractivity contribution is 7.21. The molecule has 0 saturated carbocycles. The largest absolute Gasteiger partial charge is 0.490 e.